The van der Waals surface area contributed by atoms with Crippen molar-refractivity contribution in [3.8, 4) is 0 Å². The van der Waals surface area contributed by atoms with Crippen molar-refractivity contribution in [1.29, 1.82) is 0 Å². The minimum absolute atomic E-state index is 0.532. The van der Waals surface area contributed by atoms with Crippen LogP contribution >= 0.6 is 11.3 Å². The van der Waals surface area contributed by atoms with Gasteiger partial charge in [0.2, 0.25) is 0 Å². The summed E-state index contributed by atoms with van der Waals surface area (Å²) in [6, 6.07) is 2.79. The highest BCUT2D eigenvalue weighted by molar-refractivity contribution is 7.07. The van der Waals surface area contributed by atoms with E-state index in [2.05, 4.69) is 22.3 Å². The van der Waals surface area contributed by atoms with Gasteiger partial charge in [0, 0.05) is 6.04 Å². The molecule has 4 fully saturated rings. The molecule has 3 heteroatoms. The highest BCUT2D eigenvalue weighted by atomic mass is 32.1. The Hall–Kier alpha value is -0.380. The predicted molar refractivity (Wildman–Crippen MR) is 84.3 cm³/mol. The Bertz CT molecular complexity index is 414. The lowest BCUT2D eigenvalue weighted by molar-refractivity contribution is -0.0529. The highest BCUT2D eigenvalue weighted by Crippen LogP contribution is 2.57. The van der Waals surface area contributed by atoms with Gasteiger partial charge >= 0.3 is 0 Å². The zero-order chi connectivity index (χ0) is 13.5. The maximum absolute atomic E-state index is 5.94. The first-order valence-corrected chi connectivity index (χ1v) is 9.25. The van der Waals surface area contributed by atoms with Gasteiger partial charge in [0.15, 0.2) is 0 Å². The zero-order valence-corrected chi connectivity index (χ0v) is 12.9. The number of rotatable bonds is 5. The van der Waals surface area contributed by atoms with Crippen LogP contribution in [0.15, 0.2) is 16.8 Å². The molecule has 1 unspecified atom stereocenters. The number of aryl methyl sites for hydroxylation is 1. The summed E-state index contributed by atoms with van der Waals surface area (Å²) in [5.74, 6) is 10.9. The van der Waals surface area contributed by atoms with Gasteiger partial charge in [0.1, 0.15) is 0 Å². The summed E-state index contributed by atoms with van der Waals surface area (Å²) >= 11 is 1.81. The van der Waals surface area contributed by atoms with Gasteiger partial charge in [-0.15, -0.1) is 0 Å². The van der Waals surface area contributed by atoms with Crippen molar-refractivity contribution in [2.24, 2.45) is 35.4 Å². The summed E-state index contributed by atoms with van der Waals surface area (Å²) < 4.78 is 0. The van der Waals surface area contributed by atoms with Crippen LogP contribution in [0.2, 0.25) is 0 Å². The first-order chi connectivity index (χ1) is 9.83. The standard InChI is InChI=1S/C17H26N2S/c18-19-16(2-1-11-3-4-20-10-11)17-14-6-12-5-13(8-14)9-15(17)7-12/h3-4,10,12-17,19H,1-2,5-9,18H2. The van der Waals surface area contributed by atoms with Crippen LogP contribution in [-0.2, 0) is 6.42 Å². The third-order valence-corrected chi connectivity index (χ3v) is 7.03. The van der Waals surface area contributed by atoms with Crippen molar-refractivity contribution in [3.63, 3.8) is 0 Å². The molecule has 20 heavy (non-hydrogen) atoms. The summed E-state index contributed by atoms with van der Waals surface area (Å²) in [4.78, 5) is 0. The van der Waals surface area contributed by atoms with Crippen LogP contribution in [0.4, 0.5) is 0 Å². The molecular formula is C17H26N2S. The van der Waals surface area contributed by atoms with E-state index in [1.165, 1.54) is 50.5 Å². The summed E-state index contributed by atoms with van der Waals surface area (Å²) in [6.45, 7) is 0. The summed E-state index contributed by atoms with van der Waals surface area (Å²) in [7, 11) is 0. The zero-order valence-electron chi connectivity index (χ0n) is 12.1. The molecule has 1 aromatic heterocycles. The second-order valence-corrected chi connectivity index (χ2v) is 8.23. The molecule has 0 aromatic carbocycles. The number of hydrazine groups is 1. The third kappa shape index (κ3) is 2.34. The molecule has 3 N–H and O–H groups in total. The van der Waals surface area contributed by atoms with E-state index in [0.717, 1.165) is 29.6 Å². The first-order valence-electron chi connectivity index (χ1n) is 8.30. The Morgan fingerprint density at radius 1 is 1.15 bits per heavy atom. The second-order valence-electron chi connectivity index (χ2n) is 7.45. The van der Waals surface area contributed by atoms with Crippen LogP contribution in [0.5, 0.6) is 0 Å². The monoisotopic (exact) mass is 290 g/mol. The summed E-state index contributed by atoms with van der Waals surface area (Å²) in [6.07, 6.45) is 9.90. The number of nitrogens with one attached hydrogen (secondary N) is 1. The molecule has 0 spiro atoms. The predicted octanol–water partition coefficient (Wildman–Crippen LogP) is 3.58. The Morgan fingerprint density at radius 3 is 2.40 bits per heavy atom. The van der Waals surface area contributed by atoms with Crippen LogP contribution in [-0.4, -0.2) is 6.04 Å². The Labute approximate surface area is 126 Å². The van der Waals surface area contributed by atoms with Crippen molar-refractivity contribution in [3.05, 3.63) is 22.4 Å². The van der Waals surface area contributed by atoms with Crippen LogP contribution < -0.4 is 11.3 Å². The molecule has 5 rings (SSSR count). The number of thiophene rings is 1. The highest BCUT2D eigenvalue weighted by Gasteiger charge is 2.50. The van der Waals surface area contributed by atoms with Crippen molar-refractivity contribution in [1.82, 2.24) is 5.43 Å². The molecule has 110 valence electrons. The summed E-state index contributed by atoms with van der Waals surface area (Å²) in [5.41, 5.74) is 4.68. The third-order valence-electron chi connectivity index (χ3n) is 6.30. The van der Waals surface area contributed by atoms with Crippen molar-refractivity contribution < 1.29 is 0 Å². The van der Waals surface area contributed by atoms with E-state index in [0.29, 0.717) is 6.04 Å². The normalized spacial score (nSPS) is 40.1. The molecule has 4 saturated carbocycles. The Morgan fingerprint density at radius 2 is 1.85 bits per heavy atom. The lowest BCUT2D eigenvalue weighted by atomic mass is 9.50. The lowest BCUT2D eigenvalue weighted by Crippen LogP contribution is -2.54. The van der Waals surface area contributed by atoms with E-state index in [-0.39, 0.29) is 0 Å². The van der Waals surface area contributed by atoms with Crippen molar-refractivity contribution in [2.75, 3.05) is 0 Å². The Balaban J connectivity index is 1.44. The smallest absolute Gasteiger partial charge is 0.0247 e. The molecule has 4 aliphatic rings. The minimum Gasteiger partial charge on any atom is -0.271 e. The fourth-order valence-electron chi connectivity index (χ4n) is 5.77. The van der Waals surface area contributed by atoms with E-state index in [4.69, 9.17) is 5.84 Å². The number of hydrogen-bond acceptors (Lipinski definition) is 3. The van der Waals surface area contributed by atoms with Crippen LogP contribution in [0, 0.1) is 29.6 Å². The van der Waals surface area contributed by atoms with E-state index in [1.54, 1.807) is 11.3 Å². The molecule has 0 amide bonds. The Kier molecular flexibility index (Phi) is 3.61. The first kappa shape index (κ1) is 13.3. The topological polar surface area (TPSA) is 38.0 Å². The van der Waals surface area contributed by atoms with Crippen molar-refractivity contribution in [2.45, 2.75) is 51.0 Å². The van der Waals surface area contributed by atoms with E-state index in [1.807, 2.05) is 0 Å². The largest absolute Gasteiger partial charge is 0.271 e. The molecule has 4 aliphatic carbocycles. The van der Waals surface area contributed by atoms with Gasteiger partial charge in [-0.3, -0.25) is 11.3 Å². The van der Waals surface area contributed by atoms with E-state index < -0.39 is 0 Å². The van der Waals surface area contributed by atoms with Gasteiger partial charge in [-0.05, 0) is 96.9 Å². The SMILES string of the molecule is NNC(CCc1ccsc1)C1C2CC3CC(C2)CC1C3. The number of nitrogens with two attached hydrogens (primary N) is 1. The number of hydrogen-bond donors (Lipinski definition) is 2. The molecule has 2 nitrogen and oxygen atoms in total. The average molecular weight is 290 g/mol. The molecule has 0 saturated heterocycles. The summed E-state index contributed by atoms with van der Waals surface area (Å²) in [5, 5.41) is 4.47. The molecule has 1 atom stereocenters. The fraction of sp³-hybridized carbons (Fsp3) is 0.765. The molecule has 1 aromatic rings. The maximum Gasteiger partial charge on any atom is 0.0247 e. The van der Waals surface area contributed by atoms with Crippen LogP contribution in [0.25, 0.3) is 0 Å². The molecule has 0 aliphatic heterocycles. The second kappa shape index (κ2) is 5.43. The molecule has 4 bridgehead atoms. The van der Waals surface area contributed by atoms with Gasteiger partial charge in [-0.1, -0.05) is 0 Å². The van der Waals surface area contributed by atoms with Crippen LogP contribution in [0.1, 0.15) is 44.1 Å². The van der Waals surface area contributed by atoms with E-state index >= 15 is 0 Å². The van der Waals surface area contributed by atoms with Gasteiger partial charge in [-0.2, -0.15) is 11.3 Å². The minimum atomic E-state index is 0.532. The van der Waals surface area contributed by atoms with Gasteiger partial charge in [0.25, 0.3) is 0 Å². The van der Waals surface area contributed by atoms with Gasteiger partial charge in [0.05, 0.1) is 0 Å². The van der Waals surface area contributed by atoms with E-state index in [9.17, 15) is 0 Å². The van der Waals surface area contributed by atoms with Gasteiger partial charge < -0.3 is 0 Å². The average Bonchev–Trinajstić information content (AvgIpc) is 2.94. The molecular weight excluding hydrogens is 264 g/mol. The van der Waals surface area contributed by atoms with Crippen molar-refractivity contribution >= 4 is 11.3 Å². The maximum atomic E-state index is 5.94. The van der Waals surface area contributed by atoms with Crippen LogP contribution in [0.3, 0.4) is 0 Å². The molecule has 0 radical (unpaired) electrons. The fourth-order valence-corrected chi connectivity index (χ4v) is 6.47. The van der Waals surface area contributed by atoms with Gasteiger partial charge in [-0.25, -0.2) is 0 Å². The molecule has 1 heterocycles. The quantitative estimate of drug-likeness (QED) is 0.642. The lowest BCUT2D eigenvalue weighted by Gasteiger charge is -2.56.